The van der Waals surface area contributed by atoms with E-state index in [1.165, 1.54) is 11.1 Å². The van der Waals surface area contributed by atoms with Gasteiger partial charge in [0.15, 0.2) is 10.9 Å². The summed E-state index contributed by atoms with van der Waals surface area (Å²) < 4.78 is 0. The fourth-order valence-corrected chi connectivity index (χ4v) is 2.57. The number of Topliss-reactive ketones (excluding diaryl/α,β-unsaturated/α-hetero) is 1. The number of aryl methyl sites for hydroxylation is 1. The van der Waals surface area contributed by atoms with Crippen molar-refractivity contribution in [3.8, 4) is 0 Å². The van der Waals surface area contributed by atoms with Gasteiger partial charge in [-0.1, -0.05) is 31.2 Å². The van der Waals surface area contributed by atoms with Crippen molar-refractivity contribution < 1.29 is 4.79 Å². The molecule has 2 aromatic carbocycles. The largest absolute Gasteiger partial charge is 0.356 e. The Morgan fingerprint density at radius 1 is 1.09 bits per heavy atom. The van der Waals surface area contributed by atoms with Crippen LogP contribution in [-0.4, -0.2) is 10.9 Å². The molecule has 4 heteroatoms. The van der Waals surface area contributed by atoms with E-state index < -0.39 is 0 Å². The molecule has 0 spiro atoms. The van der Waals surface area contributed by atoms with Crippen molar-refractivity contribution in [2.75, 3.05) is 5.32 Å². The maximum absolute atomic E-state index is 11.3. The topological polar surface area (TPSA) is 41.1 Å². The summed E-state index contributed by atoms with van der Waals surface area (Å²) in [5.74, 6) is 0.0569. The highest BCUT2D eigenvalue weighted by molar-refractivity contribution is 7.80. The van der Waals surface area contributed by atoms with Crippen LogP contribution in [0.5, 0.6) is 0 Å². The molecular weight excluding hydrogens is 304 g/mol. The molecule has 0 saturated carbocycles. The Morgan fingerprint density at radius 2 is 1.70 bits per heavy atom. The normalized spacial score (nSPS) is 11.6. The van der Waals surface area contributed by atoms with Crippen LogP contribution < -0.4 is 10.6 Å². The molecule has 2 rings (SSSR count). The van der Waals surface area contributed by atoms with E-state index in [1.807, 2.05) is 12.1 Å². The first-order valence-electron chi connectivity index (χ1n) is 7.77. The SMILES string of the molecule is CCc1ccc(C(C)NC(=S)Nc2ccc(C(C)=O)cc2)cc1. The first-order valence-corrected chi connectivity index (χ1v) is 8.17. The number of thiocarbonyl (C=S) groups is 1. The zero-order valence-corrected chi connectivity index (χ0v) is 14.5. The third kappa shape index (κ3) is 4.89. The predicted octanol–water partition coefficient (Wildman–Crippen LogP) is 4.50. The molecule has 0 fully saturated rings. The lowest BCUT2D eigenvalue weighted by atomic mass is 10.1. The van der Waals surface area contributed by atoms with Crippen molar-refractivity contribution in [1.82, 2.24) is 5.32 Å². The van der Waals surface area contributed by atoms with Gasteiger partial charge in [-0.3, -0.25) is 4.79 Å². The smallest absolute Gasteiger partial charge is 0.171 e. The van der Waals surface area contributed by atoms with Crippen molar-refractivity contribution in [2.45, 2.75) is 33.2 Å². The van der Waals surface area contributed by atoms with E-state index in [9.17, 15) is 4.79 Å². The van der Waals surface area contributed by atoms with Crippen LogP contribution in [0, 0.1) is 0 Å². The third-order valence-corrected chi connectivity index (χ3v) is 4.00. The lowest BCUT2D eigenvalue weighted by Gasteiger charge is -2.18. The summed E-state index contributed by atoms with van der Waals surface area (Å²) in [6, 6.07) is 15.9. The van der Waals surface area contributed by atoms with Crippen LogP contribution >= 0.6 is 12.2 Å². The number of rotatable bonds is 5. The molecule has 0 radical (unpaired) electrons. The second-order valence-corrected chi connectivity index (χ2v) is 5.96. The molecule has 1 unspecified atom stereocenters. The van der Waals surface area contributed by atoms with Crippen molar-refractivity contribution in [2.24, 2.45) is 0 Å². The number of hydrogen-bond acceptors (Lipinski definition) is 2. The van der Waals surface area contributed by atoms with Crippen LogP contribution in [0.25, 0.3) is 0 Å². The lowest BCUT2D eigenvalue weighted by Crippen LogP contribution is -2.30. The van der Waals surface area contributed by atoms with Gasteiger partial charge in [-0.2, -0.15) is 0 Å². The number of anilines is 1. The zero-order valence-electron chi connectivity index (χ0n) is 13.7. The Labute approximate surface area is 143 Å². The van der Waals surface area contributed by atoms with Crippen LogP contribution in [0.1, 0.15) is 48.3 Å². The molecule has 0 bridgehead atoms. The molecule has 0 amide bonds. The molecule has 0 heterocycles. The van der Waals surface area contributed by atoms with Crippen molar-refractivity contribution in [3.63, 3.8) is 0 Å². The molecule has 0 aliphatic rings. The molecule has 1 atom stereocenters. The average Bonchev–Trinajstić information content (AvgIpc) is 2.55. The van der Waals surface area contributed by atoms with Gasteiger partial charge in [0, 0.05) is 11.3 Å². The van der Waals surface area contributed by atoms with Gasteiger partial charge in [-0.15, -0.1) is 0 Å². The number of benzene rings is 2. The summed E-state index contributed by atoms with van der Waals surface area (Å²) in [4.78, 5) is 11.3. The Balaban J connectivity index is 1.93. The van der Waals surface area contributed by atoms with E-state index in [4.69, 9.17) is 12.2 Å². The van der Waals surface area contributed by atoms with Gasteiger partial charge in [0.2, 0.25) is 0 Å². The molecule has 3 nitrogen and oxygen atoms in total. The highest BCUT2D eigenvalue weighted by Crippen LogP contribution is 2.15. The van der Waals surface area contributed by atoms with Gasteiger partial charge in [-0.25, -0.2) is 0 Å². The first-order chi connectivity index (χ1) is 11.0. The van der Waals surface area contributed by atoms with Crippen LogP contribution in [0.2, 0.25) is 0 Å². The van der Waals surface area contributed by atoms with Crippen LogP contribution in [0.15, 0.2) is 48.5 Å². The average molecular weight is 326 g/mol. The fraction of sp³-hybridized carbons (Fsp3) is 0.263. The molecule has 2 aromatic rings. The van der Waals surface area contributed by atoms with Gasteiger partial charge >= 0.3 is 0 Å². The van der Waals surface area contributed by atoms with E-state index in [0.717, 1.165) is 12.1 Å². The van der Waals surface area contributed by atoms with E-state index >= 15 is 0 Å². The van der Waals surface area contributed by atoms with Gasteiger partial charge in [-0.05, 0) is 67.9 Å². The number of nitrogens with one attached hydrogen (secondary N) is 2. The second-order valence-electron chi connectivity index (χ2n) is 5.55. The summed E-state index contributed by atoms with van der Waals surface area (Å²) in [5.41, 5.74) is 4.07. The fourth-order valence-electron chi connectivity index (χ4n) is 2.28. The molecule has 0 aromatic heterocycles. The van der Waals surface area contributed by atoms with E-state index in [2.05, 4.69) is 48.7 Å². The predicted molar refractivity (Wildman–Crippen MR) is 100 cm³/mol. The minimum Gasteiger partial charge on any atom is -0.356 e. The Bertz CT molecular complexity index is 678. The van der Waals surface area contributed by atoms with Gasteiger partial charge < -0.3 is 10.6 Å². The highest BCUT2D eigenvalue weighted by atomic mass is 32.1. The van der Waals surface area contributed by atoms with Crippen molar-refractivity contribution >= 4 is 28.8 Å². The summed E-state index contributed by atoms with van der Waals surface area (Å²) in [6.45, 7) is 5.78. The Hall–Kier alpha value is -2.20. The van der Waals surface area contributed by atoms with Crippen LogP contribution in [0.3, 0.4) is 0 Å². The maximum Gasteiger partial charge on any atom is 0.171 e. The van der Waals surface area contributed by atoms with E-state index in [0.29, 0.717) is 10.7 Å². The van der Waals surface area contributed by atoms with E-state index in [1.54, 1.807) is 19.1 Å². The van der Waals surface area contributed by atoms with Gasteiger partial charge in [0.25, 0.3) is 0 Å². The number of carbonyl (C=O) groups excluding carboxylic acids is 1. The maximum atomic E-state index is 11.3. The van der Waals surface area contributed by atoms with Crippen LogP contribution in [-0.2, 0) is 6.42 Å². The molecule has 0 aliphatic carbocycles. The number of hydrogen-bond donors (Lipinski definition) is 2. The number of carbonyl (C=O) groups is 1. The molecule has 0 aliphatic heterocycles. The summed E-state index contributed by atoms with van der Waals surface area (Å²) in [5, 5.41) is 6.98. The second kappa shape index (κ2) is 7.88. The Kier molecular flexibility index (Phi) is 5.88. The van der Waals surface area contributed by atoms with Crippen LogP contribution in [0.4, 0.5) is 5.69 Å². The molecule has 23 heavy (non-hydrogen) atoms. The molecule has 0 saturated heterocycles. The summed E-state index contributed by atoms with van der Waals surface area (Å²) in [6.07, 6.45) is 1.04. The first kappa shape index (κ1) is 17.2. The minimum absolute atomic E-state index is 0.0569. The van der Waals surface area contributed by atoms with Gasteiger partial charge in [0.05, 0.1) is 6.04 Å². The highest BCUT2D eigenvalue weighted by Gasteiger charge is 2.07. The van der Waals surface area contributed by atoms with Gasteiger partial charge in [0.1, 0.15) is 0 Å². The van der Waals surface area contributed by atoms with Crippen molar-refractivity contribution in [3.05, 3.63) is 65.2 Å². The van der Waals surface area contributed by atoms with Crippen molar-refractivity contribution in [1.29, 1.82) is 0 Å². The quantitative estimate of drug-likeness (QED) is 0.627. The summed E-state index contributed by atoms with van der Waals surface area (Å²) in [7, 11) is 0. The zero-order chi connectivity index (χ0) is 16.8. The lowest BCUT2D eigenvalue weighted by molar-refractivity contribution is 0.101. The third-order valence-electron chi connectivity index (χ3n) is 3.78. The van der Waals surface area contributed by atoms with E-state index in [-0.39, 0.29) is 11.8 Å². The molecule has 120 valence electrons. The summed E-state index contributed by atoms with van der Waals surface area (Å²) >= 11 is 5.36. The standard InChI is InChI=1S/C19H22N2OS/c1-4-15-5-7-16(8-6-15)13(2)20-19(23)21-18-11-9-17(10-12-18)14(3)22/h5-13H,4H2,1-3H3,(H2,20,21,23). The molecule has 2 N–H and O–H groups in total. The molecular formula is C19H22N2OS. The Morgan fingerprint density at radius 3 is 2.22 bits per heavy atom. The number of ketones is 1. The monoisotopic (exact) mass is 326 g/mol. The minimum atomic E-state index is 0.0569.